The van der Waals surface area contributed by atoms with Gasteiger partial charge < -0.3 is 0 Å². The zero-order valence-electron chi connectivity index (χ0n) is 9.32. The standard InChI is InChI=1S/C11H15N3O2/c1-8-10(16)14(9(15)6-13-8)7-11(2-3-11)4-5-12/h8,13H,2-4,6-7H2,1H3. The van der Waals surface area contributed by atoms with Crippen molar-refractivity contribution in [3.63, 3.8) is 0 Å². The van der Waals surface area contributed by atoms with Crippen molar-refractivity contribution in [1.29, 1.82) is 5.26 Å². The highest BCUT2D eigenvalue weighted by molar-refractivity contribution is 6.01. The van der Waals surface area contributed by atoms with Gasteiger partial charge in [0, 0.05) is 18.4 Å². The predicted octanol–water partition coefficient (Wildman–Crippen LogP) is 0.0272. The summed E-state index contributed by atoms with van der Waals surface area (Å²) < 4.78 is 0. The summed E-state index contributed by atoms with van der Waals surface area (Å²) in [4.78, 5) is 24.7. The molecule has 1 unspecified atom stereocenters. The summed E-state index contributed by atoms with van der Waals surface area (Å²) in [6.45, 7) is 2.39. The SMILES string of the molecule is CC1NCC(=O)N(CC2(CC#N)CC2)C1=O. The zero-order valence-corrected chi connectivity index (χ0v) is 9.32. The highest BCUT2D eigenvalue weighted by Gasteiger charge is 2.47. The van der Waals surface area contributed by atoms with Gasteiger partial charge in [-0.2, -0.15) is 5.26 Å². The molecular formula is C11H15N3O2. The van der Waals surface area contributed by atoms with Gasteiger partial charge in [0.1, 0.15) is 0 Å². The first kappa shape index (κ1) is 11.1. The first-order chi connectivity index (χ1) is 7.58. The number of carbonyl (C=O) groups excluding carboxylic acids is 2. The van der Waals surface area contributed by atoms with Crippen molar-refractivity contribution >= 4 is 11.8 Å². The predicted molar refractivity (Wildman–Crippen MR) is 56.1 cm³/mol. The maximum atomic E-state index is 11.8. The lowest BCUT2D eigenvalue weighted by atomic mass is 10.0. The van der Waals surface area contributed by atoms with E-state index in [1.807, 2.05) is 0 Å². The molecule has 2 aliphatic rings. The van der Waals surface area contributed by atoms with Crippen LogP contribution in [0.5, 0.6) is 0 Å². The third-order valence-electron chi connectivity index (χ3n) is 3.40. The molecule has 1 atom stereocenters. The van der Waals surface area contributed by atoms with Gasteiger partial charge in [-0.15, -0.1) is 0 Å². The number of nitrogens with one attached hydrogen (secondary N) is 1. The molecule has 2 fully saturated rings. The highest BCUT2D eigenvalue weighted by Crippen LogP contribution is 2.49. The van der Waals surface area contributed by atoms with E-state index in [-0.39, 0.29) is 29.8 Å². The molecule has 0 aromatic carbocycles. The lowest BCUT2D eigenvalue weighted by Crippen LogP contribution is -2.58. The second kappa shape index (κ2) is 3.87. The molecule has 5 heteroatoms. The first-order valence-electron chi connectivity index (χ1n) is 5.52. The Bertz CT molecular complexity index is 368. The van der Waals surface area contributed by atoms with Crippen LogP contribution in [0.3, 0.4) is 0 Å². The van der Waals surface area contributed by atoms with E-state index in [0.29, 0.717) is 13.0 Å². The minimum Gasteiger partial charge on any atom is -0.298 e. The summed E-state index contributed by atoms with van der Waals surface area (Å²) in [7, 11) is 0. The third-order valence-corrected chi connectivity index (χ3v) is 3.40. The van der Waals surface area contributed by atoms with E-state index in [0.717, 1.165) is 12.8 Å². The minimum atomic E-state index is -0.296. The molecule has 0 aromatic heterocycles. The van der Waals surface area contributed by atoms with Crippen molar-refractivity contribution in [2.75, 3.05) is 13.1 Å². The molecule has 0 spiro atoms. The topological polar surface area (TPSA) is 73.2 Å². The van der Waals surface area contributed by atoms with Crippen LogP contribution >= 0.6 is 0 Å². The van der Waals surface area contributed by atoms with Crippen molar-refractivity contribution < 1.29 is 9.59 Å². The summed E-state index contributed by atoms with van der Waals surface area (Å²) in [6.07, 6.45) is 2.32. The number of hydrogen-bond acceptors (Lipinski definition) is 4. The van der Waals surface area contributed by atoms with Crippen LogP contribution in [-0.2, 0) is 9.59 Å². The van der Waals surface area contributed by atoms with E-state index < -0.39 is 0 Å². The fraction of sp³-hybridized carbons (Fsp3) is 0.727. The molecule has 2 amide bonds. The van der Waals surface area contributed by atoms with Crippen LogP contribution in [0, 0.1) is 16.7 Å². The normalized spacial score (nSPS) is 27.8. The van der Waals surface area contributed by atoms with Gasteiger partial charge in [0.05, 0.1) is 18.7 Å². The Kier molecular flexibility index (Phi) is 2.68. The minimum absolute atomic E-state index is 0.100. The molecule has 1 aliphatic heterocycles. The second-order valence-electron chi connectivity index (χ2n) is 4.76. The van der Waals surface area contributed by atoms with Crippen LogP contribution in [0.2, 0.25) is 0 Å². The zero-order chi connectivity index (χ0) is 11.8. The fourth-order valence-corrected chi connectivity index (χ4v) is 2.02. The Balaban J connectivity index is 2.05. The number of nitrogens with zero attached hydrogens (tertiary/aromatic N) is 2. The molecule has 5 nitrogen and oxygen atoms in total. The van der Waals surface area contributed by atoms with Crippen molar-refractivity contribution in [2.24, 2.45) is 5.41 Å². The average Bonchev–Trinajstić information content (AvgIpc) is 3.00. The lowest BCUT2D eigenvalue weighted by molar-refractivity contribution is -0.149. The van der Waals surface area contributed by atoms with Gasteiger partial charge in [0.2, 0.25) is 11.8 Å². The number of nitriles is 1. The highest BCUT2D eigenvalue weighted by atomic mass is 16.2. The van der Waals surface area contributed by atoms with Gasteiger partial charge in [0.15, 0.2) is 0 Å². The third kappa shape index (κ3) is 1.93. The Hall–Kier alpha value is -1.41. The summed E-state index contributed by atoms with van der Waals surface area (Å²) in [5.41, 5.74) is -0.100. The summed E-state index contributed by atoms with van der Waals surface area (Å²) in [5, 5.41) is 11.5. The number of hydrogen-bond donors (Lipinski definition) is 1. The second-order valence-corrected chi connectivity index (χ2v) is 4.76. The van der Waals surface area contributed by atoms with Crippen LogP contribution in [0.25, 0.3) is 0 Å². The molecule has 0 bridgehead atoms. The van der Waals surface area contributed by atoms with E-state index in [2.05, 4.69) is 11.4 Å². The number of piperazine rings is 1. The van der Waals surface area contributed by atoms with Gasteiger partial charge in [-0.05, 0) is 19.8 Å². The van der Waals surface area contributed by atoms with Crippen molar-refractivity contribution in [3.8, 4) is 6.07 Å². The van der Waals surface area contributed by atoms with Gasteiger partial charge in [-0.25, -0.2) is 0 Å². The van der Waals surface area contributed by atoms with Crippen molar-refractivity contribution in [1.82, 2.24) is 10.2 Å². The first-order valence-corrected chi connectivity index (χ1v) is 5.52. The Morgan fingerprint density at radius 1 is 1.56 bits per heavy atom. The number of amides is 2. The Morgan fingerprint density at radius 2 is 2.25 bits per heavy atom. The molecule has 0 aromatic rings. The maximum absolute atomic E-state index is 11.8. The van der Waals surface area contributed by atoms with Gasteiger partial charge >= 0.3 is 0 Å². The Morgan fingerprint density at radius 3 is 2.81 bits per heavy atom. The molecule has 0 radical (unpaired) electrons. The number of carbonyl (C=O) groups is 2. The average molecular weight is 221 g/mol. The maximum Gasteiger partial charge on any atom is 0.246 e. The number of imide groups is 1. The van der Waals surface area contributed by atoms with Gasteiger partial charge in [-0.3, -0.25) is 19.8 Å². The molecule has 1 saturated carbocycles. The molecule has 2 rings (SSSR count). The van der Waals surface area contributed by atoms with Gasteiger partial charge in [0.25, 0.3) is 0 Å². The van der Waals surface area contributed by atoms with Crippen molar-refractivity contribution in [3.05, 3.63) is 0 Å². The molecular weight excluding hydrogens is 206 g/mol. The number of rotatable bonds is 3. The largest absolute Gasteiger partial charge is 0.298 e. The van der Waals surface area contributed by atoms with E-state index >= 15 is 0 Å². The fourth-order valence-electron chi connectivity index (χ4n) is 2.02. The van der Waals surface area contributed by atoms with Crippen molar-refractivity contribution in [2.45, 2.75) is 32.2 Å². The van der Waals surface area contributed by atoms with Crippen LogP contribution in [-0.4, -0.2) is 35.8 Å². The van der Waals surface area contributed by atoms with E-state index in [4.69, 9.17) is 5.26 Å². The van der Waals surface area contributed by atoms with Gasteiger partial charge in [-0.1, -0.05) is 0 Å². The molecule has 1 N–H and O–H groups in total. The van der Waals surface area contributed by atoms with Crippen LogP contribution in [0.4, 0.5) is 0 Å². The molecule has 1 heterocycles. The smallest absolute Gasteiger partial charge is 0.246 e. The van der Waals surface area contributed by atoms with Crippen LogP contribution < -0.4 is 5.32 Å². The molecule has 1 saturated heterocycles. The lowest BCUT2D eigenvalue weighted by Gasteiger charge is -2.32. The summed E-state index contributed by atoms with van der Waals surface area (Å²) in [5.74, 6) is -0.340. The summed E-state index contributed by atoms with van der Waals surface area (Å²) >= 11 is 0. The van der Waals surface area contributed by atoms with E-state index in [1.165, 1.54) is 4.90 Å². The van der Waals surface area contributed by atoms with E-state index in [1.54, 1.807) is 6.92 Å². The quantitative estimate of drug-likeness (QED) is 0.682. The Labute approximate surface area is 94.4 Å². The van der Waals surface area contributed by atoms with Crippen LogP contribution in [0.1, 0.15) is 26.2 Å². The monoisotopic (exact) mass is 221 g/mol. The van der Waals surface area contributed by atoms with E-state index in [9.17, 15) is 9.59 Å². The summed E-state index contributed by atoms with van der Waals surface area (Å²) in [6, 6.07) is 1.84. The molecule has 16 heavy (non-hydrogen) atoms. The molecule has 1 aliphatic carbocycles. The molecule has 86 valence electrons. The van der Waals surface area contributed by atoms with Crippen LogP contribution in [0.15, 0.2) is 0 Å².